The fourth-order valence-electron chi connectivity index (χ4n) is 2.40. The number of nitrogens with zero attached hydrogens (tertiary/aromatic N) is 6. The highest BCUT2D eigenvalue weighted by atomic mass is 16.4. The fraction of sp³-hybridized carbons (Fsp3) is 0.133. The standard InChI is InChI=1S/C15H12N6O/c1-9-11(7-16-8-17-9)14-19-20-15(22-14)13-10(2)18-12-5-3-4-6-21(12)13/h3-8H,1-2H3. The predicted molar refractivity (Wildman–Crippen MR) is 79.0 cm³/mol. The summed E-state index contributed by atoms with van der Waals surface area (Å²) in [6.45, 7) is 3.80. The molecule has 22 heavy (non-hydrogen) atoms. The molecule has 0 unspecified atom stereocenters. The minimum atomic E-state index is 0.401. The Morgan fingerprint density at radius 2 is 1.91 bits per heavy atom. The molecule has 0 aromatic carbocycles. The van der Waals surface area contributed by atoms with E-state index >= 15 is 0 Å². The van der Waals surface area contributed by atoms with Crippen LogP contribution in [0, 0.1) is 13.8 Å². The molecule has 0 fully saturated rings. The van der Waals surface area contributed by atoms with Crippen molar-refractivity contribution in [1.29, 1.82) is 0 Å². The second-order valence-corrected chi connectivity index (χ2v) is 4.91. The van der Waals surface area contributed by atoms with Gasteiger partial charge in [-0.1, -0.05) is 6.07 Å². The monoisotopic (exact) mass is 292 g/mol. The number of pyridine rings is 1. The molecule has 4 aromatic heterocycles. The third-order valence-electron chi connectivity index (χ3n) is 3.47. The highest BCUT2D eigenvalue weighted by Crippen LogP contribution is 2.27. The molecule has 108 valence electrons. The lowest BCUT2D eigenvalue weighted by molar-refractivity contribution is 0.579. The van der Waals surface area contributed by atoms with Crippen LogP contribution >= 0.6 is 0 Å². The second kappa shape index (κ2) is 4.73. The van der Waals surface area contributed by atoms with Crippen molar-refractivity contribution >= 4 is 5.65 Å². The smallest absolute Gasteiger partial charge is 0.266 e. The first-order valence-electron chi connectivity index (χ1n) is 6.78. The summed E-state index contributed by atoms with van der Waals surface area (Å²) in [5.41, 5.74) is 3.99. The van der Waals surface area contributed by atoms with E-state index in [9.17, 15) is 0 Å². The van der Waals surface area contributed by atoms with Crippen molar-refractivity contribution in [3.63, 3.8) is 0 Å². The molecule has 4 heterocycles. The number of aromatic nitrogens is 6. The third-order valence-corrected chi connectivity index (χ3v) is 3.47. The van der Waals surface area contributed by atoms with Gasteiger partial charge in [-0.2, -0.15) is 0 Å². The lowest BCUT2D eigenvalue weighted by Gasteiger charge is -1.98. The quantitative estimate of drug-likeness (QED) is 0.564. The Labute approximate surface area is 125 Å². The van der Waals surface area contributed by atoms with E-state index in [1.54, 1.807) is 6.20 Å². The van der Waals surface area contributed by atoms with Crippen LogP contribution in [0.3, 0.4) is 0 Å². The van der Waals surface area contributed by atoms with Gasteiger partial charge in [0.25, 0.3) is 11.8 Å². The summed E-state index contributed by atoms with van der Waals surface area (Å²) in [6, 6.07) is 5.81. The molecule has 0 aliphatic carbocycles. The number of fused-ring (bicyclic) bond motifs is 1. The molecule has 0 aliphatic rings. The Morgan fingerprint density at radius 1 is 1.05 bits per heavy atom. The zero-order valence-corrected chi connectivity index (χ0v) is 12.1. The van der Waals surface area contributed by atoms with Gasteiger partial charge in [-0.25, -0.2) is 15.0 Å². The van der Waals surface area contributed by atoms with Gasteiger partial charge < -0.3 is 4.42 Å². The lowest BCUT2D eigenvalue weighted by atomic mass is 10.2. The highest BCUT2D eigenvalue weighted by molar-refractivity contribution is 5.62. The van der Waals surface area contributed by atoms with Crippen molar-refractivity contribution in [2.75, 3.05) is 0 Å². The molecule has 0 radical (unpaired) electrons. The third kappa shape index (κ3) is 1.86. The first-order valence-corrected chi connectivity index (χ1v) is 6.78. The first kappa shape index (κ1) is 12.6. The van der Waals surface area contributed by atoms with Crippen molar-refractivity contribution in [1.82, 2.24) is 29.5 Å². The van der Waals surface area contributed by atoms with E-state index in [1.165, 1.54) is 6.33 Å². The minimum Gasteiger partial charge on any atom is -0.414 e. The maximum atomic E-state index is 5.82. The predicted octanol–water partition coefficient (Wildman–Crippen LogP) is 2.46. The summed E-state index contributed by atoms with van der Waals surface area (Å²) in [4.78, 5) is 12.6. The van der Waals surface area contributed by atoms with Gasteiger partial charge in [-0.3, -0.25) is 4.40 Å². The Kier molecular flexibility index (Phi) is 2.72. The van der Waals surface area contributed by atoms with E-state index in [2.05, 4.69) is 25.1 Å². The molecule has 0 aliphatic heterocycles. The Bertz CT molecular complexity index is 971. The molecule has 0 saturated heterocycles. The maximum Gasteiger partial charge on any atom is 0.266 e. The molecular weight excluding hydrogens is 280 g/mol. The molecule has 0 bridgehead atoms. The normalized spacial score (nSPS) is 11.2. The Morgan fingerprint density at radius 3 is 2.77 bits per heavy atom. The number of hydrogen-bond acceptors (Lipinski definition) is 6. The van der Waals surface area contributed by atoms with E-state index in [4.69, 9.17) is 4.42 Å². The van der Waals surface area contributed by atoms with Crippen LogP contribution in [0.25, 0.3) is 28.7 Å². The average molecular weight is 292 g/mol. The van der Waals surface area contributed by atoms with Gasteiger partial charge in [0.2, 0.25) is 0 Å². The van der Waals surface area contributed by atoms with Gasteiger partial charge in [0.1, 0.15) is 17.7 Å². The molecule has 7 heteroatoms. The van der Waals surface area contributed by atoms with Gasteiger partial charge in [0.05, 0.1) is 17.0 Å². The van der Waals surface area contributed by atoms with Crippen LogP contribution in [0.5, 0.6) is 0 Å². The number of imidazole rings is 1. The molecule has 0 atom stereocenters. The molecule has 7 nitrogen and oxygen atoms in total. The second-order valence-electron chi connectivity index (χ2n) is 4.91. The minimum absolute atomic E-state index is 0.401. The van der Waals surface area contributed by atoms with E-state index in [0.29, 0.717) is 11.8 Å². The molecule has 0 amide bonds. The molecule has 0 saturated carbocycles. The number of aryl methyl sites for hydroxylation is 2. The Balaban J connectivity index is 1.88. The summed E-state index contributed by atoms with van der Waals surface area (Å²) in [6.07, 6.45) is 5.08. The maximum absolute atomic E-state index is 5.82. The van der Waals surface area contributed by atoms with Crippen LogP contribution in [0.4, 0.5) is 0 Å². The van der Waals surface area contributed by atoms with Crippen LogP contribution in [-0.2, 0) is 0 Å². The van der Waals surface area contributed by atoms with Crippen molar-refractivity contribution in [2.24, 2.45) is 0 Å². The molecule has 0 N–H and O–H groups in total. The van der Waals surface area contributed by atoms with Crippen LogP contribution < -0.4 is 0 Å². The van der Waals surface area contributed by atoms with Crippen molar-refractivity contribution < 1.29 is 4.42 Å². The zero-order valence-electron chi connectivity index (χ0n) is 12.1. The summed E-state index contributed by atoms with van der Waals surface area (Å²) < 4.78 is 7.75. The van der Waals surface area contributed by atoms with Crippen LogP contribution in [0.2, 0.25) is 0 Å². The largest absolute Gasteiger partial charge is 0.414 e. The first-order chi connectivity index (χ1) is 10.7. The SMILES string of the molecule is Cc1ncncc1-c1nnc(-c2c(C)nc3ccccn23)o1. The summed E-state index contributed by atoms with van der Waals surface area (Å²) in [5, 5.41) is 8.27. The average Bonchev–Trinajstić information content (AvgIpc) is 3.10. The van der Waals surface area contributed by atoms with Gasteiger partial charge in [-0.05, 0) is 26.0 Å². The van der Waals surface area contributed by atoms with Crippen LogP contribution in [-0.4, -0.2) is 29.5 Å². The van der Waals surface area contributed by atoms with Gasteiger partial charge in [0.15, 0.2) is 0 Å². The topological polar surface area (TPSA) is 82.0 Å². The molecule has 4 rings (SSSR count). The number of hydrogen-bond donors (Lipinski definition) is 0. The summed E-state index contributed by atoms with van der Waals surface area (Å²) in [5.74, 6) is 0.827. The number of rotatable bonds is 2. The van der Waals surface area contributed by atoms with Gasteiger partial charge in [0, 0.05) is 12.4 Å². The van der Waals surface area contributed by atoms with E-state index in [-0.39, 0.29) is 0 Å². The van der Waals surface area contributed by atoms with Crippen LogP contribution in [0.15, 0.2) is 41.3 Å². The highest BCUT2D eigenvalue weighted by Gasteiger charge is 2.18. The molecular formula is C15H12N6O. The van der Waals surface area contributed by atoms with Gasteiger partial charge >= 0.3 is 0 Å². The van der Waals surface area contributed by atoms with E-state index < -0.39 is 0 Å². The molecule has 0 spiro atoms. The van der Waals surface area contributed by atoms with Crippen molar-refractivity contribution in [3.8, 4) is 23.0 Å². The van der Waals surface area contributed by atoms with E-state index in [0.717, 1.165) is 28.3 Å². The van der Waals surface area contributed by atoms with E-state index in [1.807, 2.05) is 42.6 Å². The van der Waals surface area contributed by atoms with Crippen molar-refractivity contribution in [2.45, 2.75) is 13.8 Å². The molecule has 4 aromatic rings. The summed E-state index contributed by atoms with van der Waals surface area (Å²) >= 11 is 0. The lowest BCUT2D eigenvalue weighted by Crippen LogP contribution is -1.88. The zero-order chi connectivity index (χ0) is 15.1. The summed E-state index contributed by atoms with van der Waals surface area (Å²) in [7, 11) is 0. The fourth-order valence-corrected chi connectivity index (χ4v) is 2.40. The Hall–Kier alpha value is -3.09. The van der Waals surface area contributed by atoms with Gasteiger partial charge in [-0.15, -0.1) is 10.2 Å². The van der Waals surface area contributed by atoms with Crippen molar-refractivity contribution in [3.05, 3.63) is 48.3 Å². The van der Waals surface area contributed by atoms with Crippen LogP contribution in [0.1, 0.15) is 11.4 Å².